The van der Waals surface area contributed by atoms with Gasteiger partial charge >= 0.3 is 0 Å². The number of para-hydroxylation sites is 1. The molecule has 3 aromatic rings. The van der Waals surface area contributed by atoms with E-state index in [4.69, 9.17) is 4.74 Å². The monoisotopic (exact) mass is 328 g/mol. The largest absolute Gasteiger partial charge is 0.508 e. The first-order valence-electron chi connectivity index (χ1n) is 8.08. The van der Waals surface area contributed by atoms with Gasteiger partial charge in [-0.3, -0.25) is 4.79 Å². The van der Waals surface area contributed by atoms with Gasteiger partial charge in [0.25, 0.3) is 0 Å². The van der Waals surface area contributed by atoms with Gasteiger partial charge in [-0.15, -0.1) is 0 Å². The molecule has 0 aromatic heterocycles. The summed E-state index contributed by atoms with van der Waals surface area (Å²) in [6, 6.07) is 23.8. The van der Waals surface area contributed by atoms with Crippen molar-refractivity contribution in [3.05, 3.63) is 101 Å². The molecule has 122 valence electrons. The van der Waals surface area contributed by atoms with E-state index in [0.29, 0.717) is 16.9 Å². The lowest BCUT2D eigenvalue weighted by Gasteiger charge is -2.28. The van der Waals surface area contributed by atoms with E-state index in [9.17, 15) is 9.90 Å². The number of hydrogen-bond donors (Lipinski definition) is 1. The van der Waals surface area contributed by atoms with E-state index >= 15 is 0 Å². The van der Waals surface area contributed by atoms with Gasteiger partial charge in [-0.2, -0.15) is 0 Å². The molecular weight excluding hydrogens is 312 g/mol. The molecule has 0 unspecified atom stereocenters. The van der Waals surface area contributed by atoms with Gasteiger partial charge in [0, 0.05) is 5.57 Å². The second-order valence-corrected chi connectivity index (χ2v) is 5.93. The van der Waals surface area contributed by atoms with Crippen LogP contribution in [-0.4, -0.2) is 10.9 Å². The molecule has 1 N–H and O–H groups in total. The highest BCUT2D eigenvalue weighted by molar-refractivity contribution is 6.14. The van der Waals surface area contributed by atoms with Crippen molar-refractivity contribution in [3.8, 4) is 11.5 Å². The predicted molar refractivity (Wildman–Crippen MR) is 96.7 cm³/mol. The van der Waals surface area contributed by atoms with Crippen molar-refractivity contribution >= 4 is 11.9 Å². The number of carbonyl (C=O) groups is 1. The minimum Gasteiger partial charge on any atom is -0.508 e. The van der Waals surface area contributed by atoms with Crippen LogP contribution in [0.5, 0.6) is 11.5 Å². The second-order valence-electron chi connectivity index (χ2n) is 5.93. The van der Waals surface area contributed by atoms with Gasteiger partial charge in [0.1, 0.15) is 11.5 Å². The zero-order chi connectivity index (χ0) is 17.2. The molecule has 3 aromatic carbocycles. The predicted octanol–water partition coefficient (Wildman–Crippen LogP) is 4.79. The van der Waals surface area contributed by atoms with Crippen LogP contribution in [0.2, 0.25) is 0 Å². The average molecular weight is 328 g/mol. The molecule has 25 heavy (non-hydrogen) atoms. The molecule has 0 amide bonds. The van der Waals surface area contributed by atoms with E-state index < -0.39 is 6.10 Å². The summed E-state index contributed by atoms with van der Waals surface area (Å²) in [5.41, 5.74) is 2.78. The Labute approximate surface area is 145 Å². The molecule has 0 radical (unpaired) electrons. The summed E-state index contributed by atoms with van der Waals surface area (Å²) in [6.07, 6.45) is 1.31. The quantitative estimate of drug-likeness (QED) is 0.688. The maximum absolute atomic E-state index is 13.1. The van der Waals surface area contributed by atoms with Crippen LogP contribution in [0.15, 0.2) is 84.4 Å². The van der Waals surface area contributed by atoms with Gasteiger partial charge < -0.3 is 9.84 Å². The van der Waals surface area contributed by atoms with Gasteiger partial charge in [-0.1, -0.05) is 54.6 Å². The Morgan fingerprint density at radius 1 is 0.880 bits per heavy atom. The maximum Gasteiger partial charge on any atom is 0.196 e. The lowest BCUT2D eigenvalue weighted by atomic mass is 9.89. The van der Waals surface area contributed by atoms with Crippen LogP contribution in [0.1, 0.15) is 27.6 Å². The molecule has 1 aliphatic heterocycles. The first-order chi connectivity index (χ1) is 12.2. The van der Waals surface area contributed by atoms with E-state index in [1.807, 2.05) is 54.6 Å². The number of aromatic hydroxyl groups is 1. The Balaban J connectivity index is 1.87. The highest BCUT2D eigenvalue weighted by Gasteiger charge is 2.32. The molecule has 0 bridgehead atoms. The number of phenolic OH excluding ortho intramolecular Hbond substituents is 1. The molecule has 3 nitrogen and oxygen atoms in total. The number of ketones is 1. The third kappa shape index (κ3) is 2.92. The maximum atomic E-state index is 13.1. The third-order valence-corrected chi connectivity index (χ3v) is 4.22. The molecule has 1 atom stereocenters. The summed E-state index contributed by atoms with van der Waals surface area (Å²) in [6.45, 7) is 0. The van der Waals surface area contributed by atoms with Gasteiger partial charge in [-0.05, 0) is 41.5 Å². The summed E-state index contributed by atoms with van der Waals surface area (Å²) < 4.78 is 6.15. The summed E-state index contributed by atoms with van der Waals surface area (Å²) in [7, 11) is 0. The molecular formula is C22H16O3. The van der Waals surface area contributed by atoms with Crippen molar-refractivity contribution in [2.45, 2.75) is 6.10 Å². The summed E-state index contributed by atoms with van der Waals surface area (Å²) in [5, 5.41) is 9.70. The normalized spacial score (nSPS) is 17.8. The SMILES string of the molecule is O=C1/C(=C/c2cccc(O)c2)[C@H](c2ccccc2)Oc2ccccc21. The minimum atomic E-state index is -0.481. The van der Waals surface area contributed by atoms with Crippen LogP contribution >= 0.6 is 0 Å². The van der Waals surface area contributed by atoms with Crippen molar-refractivity contribution in [1.29, 1.82) is 0 Å². The van der Waals surface area contributed by atoms with Gasteiger partial charge in [0.15, 0.2) is 11.9 Å². The Morgan fingerprint density at radius 3 is 2.44 bits per heavy atom. The van der Waals surface area contributed by atoms with E-state index in [1.165, 1.54) is 0 Å². The molecule has 1 heterocycles. The second kappa shape index (κ2) is 6.29. The van der Waals surface area contributed by atoms with Crippen LogP contribution in [0.25, 0.3) is 6.08 Å². The van der Waals surface area contributed by atoms with E-state index in [0.717, 1.165) is 11.1 Å². The number of benzene rings is 3. The van der Waals surface area contributed by atoms with E-state index in [2.05, 4.69) is 0 Å². The number of Topliss-reactive ketones (excluding diaryl/α,β-unsaturated/α-hetero) is 1. The highest BCUT2D eigenvalue weighted by Crippen LogP contribution is 2.39. The number of fused-ring (bicyclic) bond motifs is 1. The molecule has 1 aliphatic rings. The molecule has 0 aliphatic carbocycles. The van der Waals surface area contributed by atoms with Gasteiger partial charge in [-0.25, -0.2) is 0 Å². The first-order valence-corrected chi connectivity index (χ1v) is 8.08. The van der Waals surface area contributed by atoms with Gasteiger partial charge in [0.05, 0.1) is 5.56 Å². The fourth-order valence-electron chi connectivity index (χ4n) is 3.03. The Kier molecular flexibility index (Phi) is 3.82. The van der Waals surface area contributed by atoms with Crippen LogP contribution in [0, 0.1) is 0 Å². The Bertz CT molecular complexity index is 958. The number of hydrogen-bond acceptors (Lipinski definition) is 3. The van der Waals surface area contributed by atoms with Crippen molar-refractivity contribution in [1.82, 2.24) is 0 Å². The number of carbonyl (C=O) groups excluding carboxylic acids is 1. The van der Waals surface area contributed by atoms with Crippen molar-refractivity contribution in [2.24, 2.45) is 0 Å². The fraction of sp³-hybridized carbons (Fsp3) is 0.0455. The Morgan fingerprint density at radius 2 is 1.64 bits per heavy atom. The lowest BCUT2D eigenvalue weighted by molar-refractivity contribution is 0.0963. The molecule has 3 heteroatoms. The standard InChI is InChI=1S/C22H16O3/c23-17-10-6-7-15(13-17)14-19-21(24)18-11-4-5-12-20(18)25-22(19)16-8-2-1-3-9-16/h1-14,22-23H/b19-14-/t22-/m0/s1. The van der Waals surface area contributed by atoms with Gasteiger partial charge in [0.2, 0.25) is 0 Å². The zero-order valence-corrected chi connectivity index (χ0v) is 13.4. The number of ether oxygens (including phenoxy) is 1. The van der Waals surface area contributed by atoms with Crippen LogP contribution < -0.4 is 4.74 Å². The summed E-state index contributed by atoms with van der Waals surface area (Å²) in [4.78, 5) is 13.1. The summed E-state index contributed by atoms with van der Waals surface area (Å²) in [5.74, 6) is 0.698. The van der Waals surface area contributed by atoms with Crippen molar-refractivity contribution in [3.63, 3.8) is 0 Å². The van der Waals surface area contributed by atoms with E-state index in [-0.39, 0.29) is 11.5 Å². The smallest absolute Gasteiger partial charge is 0.196 e. The highest BCUT2D eigenvalue weighted by atomic mass is 16.5. The molecule has 0 spiro atoms. The van der Waals surface area contributed by atoms with Crippen LogP contribution in [-0.2, 0) is 0 Å². The zero-order valence-electron chi connectivity index (χ0n) is 13.4. The summed E-state index contributed by atoms with van der Waals surface area (Å²) >= 11 is 0. The van der Waals surface area contributed by atoms with Crippen LogP contribution in [0.4, 0.5) is 0 Å². The molecule has 0 saturated heterocycles. The molecule has 4 rings (SSSR count). The minimum absolute atomic E-state index is 0.0564. The third-order valence-electron chi connectivity index (χ3n) is 4.22. The average Bonchev–Trinajstić information content (AvgIpc) is 2.65. The topological polar surface area (TPSA) is 46.5 Å². The van der Waals surface area contributed by atoms with Crippen molar-refractivity contribution < 1.29 is 14.6 Å². The van der Waals surface area contributed by atoms with Crippen molar-refractivity contribution in [2.75, 3.05) is 0 Å². The Hall–Kier alpha value is -3.33. The fourth-order valence-corrected chi connectivity index (χ4v) is 3.03. The number of rotatable bonds is 2. The number of phenols is 1. The van der Waals surface area contributed by atoms with Crippen LogP contribution in [0.3, 0.4) is 0 Å². The molecule has 0 saturated carbocycles. The van der Waals surface area contributed by atoms with E-state index in [1.54, 1.807) is 30.3 Å². The first kappa shape index (κ1) is 15.2. The lowest BCUT2D eigenvalue weighted by Crippen LogP contribution is -2.23. The molecule has 0 fully saturated rings.